The van der Waals surface area contributed by atoms with Crippen LogP contribution in [0.3, 0.4) is 0 Å². The fraction of sp³-hybridized carbons (Fsp3) is 0.250. The molecule has 0 fully saturated rings. The van der Waals surface area contributed by atoms with E-state index >= 15 is 0 Å². The second-order valence-corrected chi connectivity index (χ2v) is 5.66. The van der Waals surface area contributed by atoms with E-state index in [-0.39, 0.29) is 5.50 Å². The Balaban J connectivity index is 2.05. The van der Waals surface area contributed by atoms with Crippen molar-refractivity contribution >= 4 is 23.4 Å². The Morgan fingerprint density at radius 1 is 1.26 bits per heavy atom. The van der Waals surface area contributed by atoms with Crippen molar-refractivity contribution in [2.75, 3.05) is 4.90 Å². The van der Waals surface area contributed by atoms with Crippen LogP contribution >= 0.6 is 11.8 Å². The molecule has 0 radical (unpaired) electrons. The molecule has 6 nitrogen and oxygen atoms in total. The van der Waals surface area contributed by atoms with Crippen molar-refractivity contribution in [1.82, 2.24) is 20.2 Å². The number of aromatic amines is 1. The Labute approximate surface area is 115 Å². The van der Waals surface area contributed by atoms with E-state index in [1.54, 1.807) is 30.4 Å². The molecule has 0 spiro atoms. The van der Waals surface area contributed by atoms with E-state index in [9.17, 15) is 0 Å². The lowest BCUT2D eigenvalue weighted by Gasteiger charge is -2.23. The van der Waals surface area contributed by atoms with Crippen LogP contribution in [0.1, 0.15) is 18.1 Å². The molecule has 3 N–H and O–H groups in total. The van der Waals surface area contributed by atoms with Gasteiger partial charge in [-0.2, -0.15) is 5.10 Å². The van der Waals surface area contributed by atoms with Gasteiger partial charge in [-0.15, -0.1) is 0 Å². The van der Waals surface area contributed by atoms with E-state index in [2.05, 4.69) is 20.2 Å². The second-order valence-electron chi connectivity index (χ2n) is 4.33. The number of thioether (sulfide) groups is 1. The lowest BCUT2D eigenvalue weighted by atomic mass is 10.2. The van der Waals surface area contributed by atoms with Crippen LogP contribution in [-0.2, 0) is 0 Å². The van der Waals surface area contributed by atoms with Crippen LogP contribution < -0.4 is 10.6 Å². The molecule has 0 aromatic carbocycles. The van der Waals surface area contributed by atoms with Crippen LogP contribution in [0, 0.1) is 6.92 Å². The highest BCUT2D eigenvalue weighted by molar-refractivity contribution is 8.04. The third-order valence-corrected chi connectivity index (χ3v) is 3.88. The van der Waals surface area contributed by atoms with Gasteiger partial charge in [-0.25, -0.2) is 9.97 Å². The van der Waals surface area contributed by atoms with Gasteiger partial charge >= 0.3 is 0 Å². The lowest BCUT2D eigenvalue weighted by Crippen LogP contribution is -2.35. The Morgan fingerprint density at radius 3 is 2.63 bits per heavy atom. The van der Waals surface area contributed by atoms with Crippen LogP contribution in [0.4, 0.5) is 5.95 Å². The quantitative estimate of drug-likeness (QED) is 0.867. The Bertz CT molecular complexity index is 604. The molecule has 1 unspecified atom stereocenters. The maximum absolute atomic E-state index is 6.17. The van der Waals surface area contributed by atoms with Crippen molar-refractivity contribution in [1.29, 1.82) is 0 Å². The summed E-state index contributed by atoms with van der Waals surface area (Å²) >= 11 is 1.60. The SMILES string of the molecule is CC1=C(c2cn[nH]c2)N(c2ncc(C)cn2)C(N)S1. The molecule has 98 valence electrons. The first-order valence-electron chi connectivity index (χ1n) is 5.87. The smallest absolute Gasteiger partial charge is 0.231 e. The molecule has 3 heterocycles. The van der Waals surface area contributed by atoms with Gasteiger partial charge in [0.1, 0.15) is 5.50 Å². The first-order chi connectivity index (χ1) is 9.16. The van der Waals surface area contributed by atoms with Crippen molar-refractivity contribution < 1.29 is 0 Å². The number of nitrogens with one attached hydrogen (secondary N) is 1. The molecule has 0 bridgehead atoms. The highest BCUT2D eigenvalue weighted by Gasteiger charge is 2.32. The standard InChI is InChI=1S/C12H14N6S/c1-7-3-14-12(15-4-7)18-10(8(2)19-11(18)13)9-5-16-17-6-9/h3-6,11H,13H2,1-2H3,(H,16,17). The number of allylic oxidation sites excluding steroid dienone is 1. The molecular formula is C12H14N6S. The number of hydrogen-bond acceptors (Lipinski definition) is 6. The Hall–Kier alpha value is -1.86. The number of H-pyrrole nitrogens is 1. The van der Waals surface area contributed by atoms with Gasteiger partial charge < -0.3 is 5.73 Å². The number of aryl methyl sites for hydroxylation is 1. The van der Waals surface area contributed by atoms with Crippen molar-refractivity contribution in [3.05, 3.63) is 40.8 Å². The number of nitrogens with two attached hydrogens (primary N) is 1. The number of anilines is 1. The first kappa shape index (κ1) is 12.2. The normalized spacial score (nSPS) is 19.3. The monoisotopic (exact) mass is 274 g/mol. The lowest BCUT2D eigenvalue weighted by molar-refractivity contribution is 0.884. The maximum Gasteiger partial charge on any atom is 0.231 e. The third kappa shape index (κ3) is 2.11. The molecule has 0 saturated heterocycles. The van der Waals surface area contributed by atoms with Gasteiger partial charge in [0.25, 0.3) is 0 Å². The first-order valence-corrected chi connectivity index (χ1v) is 6.75. The molecule has 0 saturated carbocycles. The number of nitrogens with zero attached hydrogens (tertiary/aromatic N) is 4. The number of hydrogen-bond donors (Lipinski definition) is 2. The highest BCUT2D eigenvalue weighted by atomic mass is 32.2. The molecular weight excluding hydrogens is 260 g/mol. The molecule has 2 aromatic rings. The summed E-state index contributed by atoms with van der Waals surface area (Å²) in [5.41, 5.74) is 8.98. The van der Waals surface area contributed by atoms with E-state index in [1.165, 1.54) is 0 Å². The summed E-state index contributed by atoms with van der Waals surface area (Å²) in [5, 5.41) is 6.81. The predicted molar refractivity (Wildman–Crippen MR) is 76.0 cm³/mol. The number of aromatic nitrogens is 4. The fourth-order valence-corrected chi connectivity index (χ4v) is 3.03. The minimum atomic E-state index is -0.215. The van der Waals surface area contributed by atoms with Gasteiger partial charge in [-0.3, -0.25) is 10.00 Å². The zero-order valence-corrected chi connectivity index (χ0v) is 11.5. The minimum Gasteiger partial charge on any atom is -0.302 e. The molecule has 1 atom stereocenters. The Morgan fingerprint density at radius 2 is 2.00 bits per heavy atom. The topological polar surface area (TPSA) is 83.7 Å². The minimum absolute atomic E-state index is 0.215. The van der Waals surface area contributed by atoms with Gasteiger partial charge in [0.05, 0.1) is 11.9 Å². The molecule has 0 aliphatic carbocycles. The van der Waals surface area contributed by atoms with Gasteiger partial charge in [0, 0.05) is 29.1 Å². The summed E-state index contributed by atoms with van der Waals surface area (Å²) in [6, 6.07) is 0. The van der Waals surface area contributed by atoms with Crippen LogP contribution in [-0.4, -0.2) is 25.7 Å². The zero-order valence-electron chi connectivity index (χ0n) is 10.7. The molecule has 2 aromatic heterocycles. The molecule has 1 aliphatic heterocycles. The summed E-state index contributed by atoms with van der Waals surface area (Å²) in [5.74, 6) is 0.610. The van der Waals surface area contributed by atoms with Gasteiger partial charge in [-0.05, 0) is 19.4 Å². The van der Waals surface area contributed by atoms with Crippen molar-refractivity contribution in [3.63, 3.8) is 0 Å². The van der Waals surface area contributed by atoms with E-state index in [0.29, 0.717) is 5.95 Å². The van der Waals surface area contributed by atoms with E-state index in [0.717, 1.165) is 21.7 Å². The molecule has 7 heteroatoms. The summed E-state index contributed by atoms with van der Waals surface area (Å²) in [7, 11) is 0. The zero-order chi connectivity index (χ0) is 13.4. The second kappa shape index (κ2) is 4.67. The molecule has 3 rings (SSSR count). The van der Waals surface area contributed by atoms with Gasteiger partial charge in [0.15, 0.2) is 0 Å². The third-order valence-electron chi connectivity index (χ3n) is 2.88. The average molecular weight is 274 g/mol. The summed E-state index contributed by atoms with van der Waals surface area (Å²) in [6.45, 7) is 4.00. The average Bonchev–Trinajstić information content (AvgIpc) is 2.98. The Kier molecular flexibility index (Phi) is 3.00. The van der Waals surface area contributed by atoms with Crippen LogP contribution in [0.15, 0.2) is 29.7 Å². The van der Waals surface area contributed by atoms with Gasteiger partial charge in [-0.1, -0.05) is 11.8 Å². The van der Waals surface area contributed by atoms with Crippen LogP contribution in [0.25, 0.3) is 5.70 Å². The van der Waals surface area contributed by atoms with E-state index in [1.807, 2.05) is 24.9 Å². The van der Waals surface area contributed by atoms with Crippen LogP contribution in [0.2, 0.25) is 0 Å². The van der Waals surface area contributed by atoms with E-state index < -0.39 is 0 Å². The fourth-order valence-electron chi connectivity index (χ4n) is 2.03. The number of rotatable bonds is 2. The van der Waals surface area contributed by atoms with E-state index in [4.69, 9.17) is 5.73 Å². The molecule has 1 aliphatic rings. The molecule has 19 heavy (non-hydrogen) atoms. The maximum atomic E-state index is 6.17. The van der Waals surface area contributed by atoms with Crippen molar-refractivity contribution in [2.24, 2.45) is 5.73 Å². The van der Waals surface area contributed by atoms with Crippen LogP contribution in [0.5, 0.6) is 0 Å². The summed E-state index contributed by atoms with van der Waals surface area (Å²) in [4.78, 5) is 11.8. The largest absolute Gasteiger partial charge is 0.302 e. The van der Waals surface area contributed by atoms with Gasteiger partial charge in [0.2, 0.25) is 5.95 Å². The highest BCUT2D eigenvalue weighted by Crippen LogP contribution is 2.41. The van der Waals surface area contributed by atoms with Crippen molar-refractivity contribution in [2.45, 2.75) is 19.3 Å². The molecule has 0 amide bonds. The predicted octanol–water partition coefficient (Wildman–Crippen LogP) is 1.69. The van der Waals surface area contributed by atoms with Crippen molar-refractivity contribution in [3.8, 4) is 0 Å². The summed E-state index contributed by atoms with van der Waals surface area (Å²) < 4.78 is 0. The summed E-state index contributed by atoms with van der Waals surface area (Å²) in [6.07, 6.45) is 7.21.